The van der Waals surface area contributed by atoms with Crippen LogP contribution in [0.1, 0.15) is 19.4 Å². The molecule has 5 nitrogen and oxygen atoms in total. The Morgan fingerprint density at radius 3 is 2.64 bits per heavy atom. The zero-order chi connectivity index (χ0) is 10.6. The van der Waals surface area contributed by atoms with Gasteiger partial charge in [-0.3, -0.25) is 0 Å². The second kappa shape index (κ2) is 4.55. The Balaban J connectivity index is 0.000000461. The molecule has 2 aromatic rings. The third-order valence-corrected chi connectivity index (χ3v) is 1.70. The number of hydrogen-bond acceptors (Lipinski definition) is 4. The van der Waals surface area contributed by atoms with Gasteiger partial charge in [0.15, 0.2) is 5.65 Å². The lowest BCUT2D eigenvalue weighted by molar-refractivity contribution is 0.898. The van der Waals surface area contributed by atoms with Crippen LogP contribution < -0.4 is 5.32 Å². The van der Waals surface area contributed by atoms with Crippen LogP contribution in [0, 0.1) is 6.92 Å². The first-order chi connectivity index (χ1) is 6.83. The summed E-state index contributed by atoms with van der Waals surface area (Å²) in [6.45, 7) is 5.97. The minimum absolute atomic E-state index is 0.702. The van der Waals surface area contributed by atoms with E-state index < -0.39 is 0 Å². The monoisotopic (exact) mass is 193 g/mol. The average molecular weight is 193 g/mol. The van der Waals surface area contributed by atoms with Crippen LogP contribution in [0.25, 0.3) is 5.65 Å². The smallest absolute Gasteiger partial charge is 0.227 e. The highest BCUT2D eigenvalue weighted by Crippen LogP contribution is 2.08. The average Bonchev–Trinajstić information content (AvgIpc) is 2.64. The second-order valence-electron chi connectivity index (χ2n) is 2.51. The van der Waals surface area contributed by atoms with Crippen molar-refractivity contribution in [3.8, 4) is 0 Å². The maximum atomic E-state index is 4.12. The summed E-state index contributed by atoms with van der Waals surface area (Å²) in [6.07, 6.45) is 3.29. The second-order valence-corrected chi connectivity index (χ2v) is 2.51. The van der Waals surface area contributed by atoms with Crippen molar-refractivity contribution in [1.82, 2.24) is 19.6 Å². The van der Waals surface area contributed by atoms with Crippen molar-refractivity contribution in [3.05, 3.63) is 18.1 Å². The number of anilines is 1. The minimum Gasteiger partial charge on any atom is -0.357 e. The molecule has 2 heterocycles. The fourth-order valence-corrected chi connectivity index (χ4v) is 1.10. The van der Waals surface area contributed by atoms with E-state index in [-0.39, 0.29) is 0 Å². The zero-order valence-corrected chi connectivity index (χ0v) is 8.94. The van der Waals surface area contributed by atoms with E-state index in [4.69, 9.17) is 0 Å². The van der Waals surface area contributed by atoms with E-state index in [1.165, 1.54) is 6.33 Å². The molecule has 0 saturated carbocycles. The summed E-state index contributed by atoms with van der Waals surface area (Å²) in [5, 5.41) is 7.05. The van der Waals surface area contributed by atoms with Crippen molar-refractivity contribution < 1.29 is 0 Å². The Kier molecular flexibility index (Phi) is 3.39. The third kappa shape index (κ3) is 1.66. The predicted molar refractivity (Wildman–Crippen MR) is 56.4 cm³/mol. The summed E-state index contributed by atoms with van der Waals surface area (Å²) < 4.78 is 1.68. The van der Waals surface area contributed by atoms with Gasteiger partial charge in [-0.05, 0) is 6.92 Å². The van der Waals surface area contributed by atoms with Gasteiger partial charge in [0.05, 0.1) is 6.20 Å². The SMILES string of the molecule is CC.CNc1ncnc2c(C)cnn12. The van der Waals surface area contributed by atoms with E-state index in [9.17, 15) is 0 Å². The highest BCUT2D eigenvalue weighted by Gasteiger charge is 2.03. The van der Waals surface area contributed by atoms with E-state index in [1.54, 1.807) is 17.8 Å². The number of aryl methyl sites for hydroxylation is 1. The molecule has 0 atom stereocenters. The molecule has 2 aromatic heterocycles. The lowest BCUT2D eigenvalue weighted by atomic mass is 10.4. The third-order valence-electron chi connectivity index (χ3n) is 1.70. The molecule has 0 aromatic carbocycles. The Hall–Kier alpha value is -1.65. The summed E-state index contributed by atoms with van der Waals surface area (Å²) in [5.74, 6) is 0.702. The number of rotatable bonds is 1. The van der Waals surface area contributed by atoms with Crippen LogP contribution in [0.4, 0.5) is 5.95 Å². The Bertz CT molecular complexity index is 406. The van der Waals surface area contributed by atoms with Crippen LogP contribution >= 0.6 is 0 Å². The summed E-state index contributed by atoms with van der Waals surface area (Å²) >= 11 is 0. The van der Waals surface area contributed by atoms with Gasteiger partial charge in [0.2, 0.25) is 5.95 Å². The van der Waals surface area contributed by atoms with Crippen LogP contribution in [-0.4, -0.2) is 26.6 Å². The molecular formula is C9H15N5. The standard InChI is InChI=1S/C7H9N5.C2H6/c1-5-3-11-12-6(5)9-4-10-7(12)8-2;1-2/h3-4H,1-2H3,(H,8,9,10);1-2H3. The molecular weight excluding hydrogens is 178 g/mol. The lowest BCUT2D eigenvalue weighted by Crippen LogP contribution is -2.02. The summed E-state index contributed by atoms with van der Waals surface area (Å²) in [4.78, 5) is 8.12. The molecule has 0 spiro atoms. The van der Waals surface area contributed by atoms with E-state index in [0.29, 0.717) is 5.95 Å². The van der Waals surface area contributed by atoms with E-state index in [0.717, 1.165) is 11.2 Å². The Labute approximate surface area is 83.2 Å². The summed E-state index contributed by atoms with van der Waals surface area (Å²) in [7, 11) is 1.80. The number of aromatic nitrogens is 4. The molecule has 0 unspecified atom stereocenters. The van der Waals surface area contributed by atoms with Gasteiger partial charge in [0.1, 0.15) is 6.33 Å². The minimum atomic E-state index is 0.702. The number of nitrogens with one attached hydrogen (secondary N) is 1. The van der Waals surface area contributed by atoms with Crippen molar-refractivity contribution in [2.24, 2.45) is 0 Å². The lowest BCUT2D eigenvalue weighted by Gasteiger charge is -1.99. The molecule has 1 N–H and O–H groups in total. The predicted octanol–water partition coefficient (Wildman–Crippen LogP) is 1.50. The summed E-state index contributed by atoms with van der Waals surface area (Å²) in [6, 6.07) is 0. The first kappa shape index (κ1) is 10.4. The fraction of sp³-hybridized carbons (Fsp3) is 0.444. The number of nitrogens with zero attached hydrogens (tertiary/aromatic N) is 4. The van der Waals surface area contributed by atoms with E-state index in [2.05, 4.69) is 20.4 Å². The largest absolute Gasteiger partial charge is 0.357 e. The first-order valence-corrected chi connectivity index (χ1v) is 4.66. The van der Waals surface area contributed by atoms with E-state index >= 15 is 0 Å². The van der Waals surface area contributed by atoms with Crippen LogP contribution in [0.15, 0.2) is 12.5 Å². The fourth-order valence-electron chi connectivity index (χ4n) is 1.10. The van der Waals surface area contributed by atoms with Crippen LogP contribution in [0.5, 0.6) is 0 Å². The molecule has 0 radical (unpaired) electrons. The van der Waals surface area contributed by atoms with Gasteiger partial charge in [-0.1, -0.05) is 13.8 Å². The molecule has 0 aliphatic rings. The van der Waals surface area contributed by atoms with Crippen LogP contribution in [0.2, 0.25) is 0 Å². The van der Waals surface area contributed by atoms with Gasteiger partial charge in [0, 0.05) is 12.6 Å². The molecule has 76 valence electrons. The van der Waals surface area contributed by atoms with Crippen molar-refractivity contribution in [2.45, 2.75) is 20.8 Å². The molecule has 14 heavy (non-hydrogen) atoms. The molecule has 0 saturated heterocycles. The normalized spacial score (nSPS) is 9.43. The van der Waals surface area contributed by atoms with Crippen molar-refractivity contribution in [1.29, 1.82) is 0 Å². The highest BCUT2D eigenvalue weighted by molar-refractivity contribution is 5.48. The van der Waals surface area contributed by atoms with Gasteiger partial charge in [0.25, 0.3) is 0 Å². The summed E-state index contributed by atoms with van der Waals surface area (Å²) in [5.41, 5.74) is 1.89. The van der Waals surface area contributed by atoms with Gasteiger partial charge < -0.3 is 5.32 Å². The van der Waals surface area contributed by atoms with Crippen molar-refractivity contribution >= 4 is 11.6 Å². The van der Waals surface area contributed by atoms with Crippen LogP contribution in [-0.2, 0) is 0 Å². The maximum absolute atomic E-state index is 4.12. The first-order valence-electron chi connectivity index (χ1n) is 4.66. The van der Waals surface area contributed by atoms with Gasteiger partial charge in [-0.25, -0.2) is 9.97 Å². The number of fused-ring (bicyclic) bond motifs is 1. The quantitative estimate of drug-likeness (QED) is 0.745. The van der Waals surface area contributed by atoms with Crippen LogP contribution in [0.3, 0.4) is 0 Å². The molecule has 2 rings (SSSR count). The number of hydrogen-bond donors (Lipinski definition) is 1. The Morgan fingerprint density at radius 1 is 1.29 bits per heavy atom. The molecule has 0 bridgehead atoms. The highest BCUT2D eigenvalue weighted by atomic mass is 15.3. The maximum Gasteiger partial charge on any atom is 0.227 e. The van der Waals surface area contributed by atoms with Crippen molar-refractivity contribution in [3.63, 3.8) is 0 Å². The van der Waals surface area contributed by atoms with Gasteiger partial charge in [-0.15, -0.1) is 0 Å². The topological polar surface area (TPSA) is 55.1 Å². The molecule has 0 aliphatic heterocycles. The molecule has 0 fully saturated rings. The Morgan fingerprint density at radius 2 is 2.00 bits per heavy atom. The molecule has 5 heteroatoms. The van der Waals surface area contributed by atoms with Gasteiger partial charge in [-0.2, -0.15) is 9.61 Å². The zero-order valence-electron chi connectivity index (χ0n) is 8.94. The van der Waals surface area contributed by atoms with Crippen molar-refractivity contribution in [2.75, 3.05) is 12.4 Å². The molecule has 0 aliphatic carbocycles. The van der Waals surface area contributed by atoms with Gasteiger partial charge >= 0.3 is 0 Å². The van der Waals surface area contributed by atoms with E-state index in [1.807, 2.05) is 20.8 Å². The molecule has 0 amide bonds.